The largest absolute Gasteiger partial charge is 0.637 e. The Morgan fingerprint density at radius 1 is 1.12 bits per heavy atom. The van der Waals surface area contributed by atoms with Gasteiger partial charge in [-0.25, -0.2) is 0 Å². The minimum atomic E-state index is -2.50. The van der Waals surface area contributed by atoms with E-state index < -0.39 is 21.2 Å². The van der Waals surface area contributed by atoms with Crippen molar-refractivity contribution in [2.24, 2.45) is 11.0 Å². The van der Waals surface area contributed by atoms with E-state index in [-0.39, 0.29) is 0 Å². The first-order chi connectivity index (χ1) is 3.55. The molecule has 0 rings (SSSR count). The molecule has 2 unspecified atom stereocenters. The Morgan fingerprint density at radius 2 is 1.38 bits per heavy atom. The summed E-state index contributed by atoms with van der Waals surface area (Å²) in [6.07, 6.45) is 0. The Balaban J connectivity index is 4.05. The predicted octanol–water partition coefficient (Wildman–Crippen LogP) is 0.509. The summed E-state index contributed by atoms with van der Waals surface area (Å²) >= 11 is 0. The van der Waals surface area contributed by atoms with E-state index >= 15 is 0 Å². The zero-order valence-electron chi connectivity index (χ0n) is 3.77. The van der Waals surface area contributed by atoms with Gasteiger partial charge in [0.25, 0.3) is 0 Å². The molecule has 0 aromatic rings. The fourth-order valence-electron chi connectivity index (χ4n) is 0.0971. The van der Waals surface area contributed by atoms with Crippen LogP contribution in [-0.4, -0.2) is 5.27 Å². The molecule has 0 amide bonds. The molecular formula is CH4N2O3P2+2. The first kappa shape index (κ1) is 7.79. The van der Waals surface area contributed by atoms with Crippen molar-refractivity contribution < 1.29 is 13.9 Å². The fraction of sp³-hybridized carbons (Fsp3) is 0. The van der Waals surface area contributed by atoms with E-state index in [0.29, 0.717) is 0 Å². The Bertz CT molecular complexity index is 137. The van der Waals surface area contributed by atoms with Crippen LogP contribution in [0, 0.1) is 0 Å². The Labute approximate surface area is 47.1 Å². The van der Waals surface area contributed by atoms with Crippen molar-refractivity contribution in [3.05, 3.63) is 0 Å². The van der Waals surface area contributed by atoms with Gasteiger partial charge in [-0.05, 0) is 9.13 Å². The van der Waals surface area contributed by atoms with Crippen molar-refractivity contribution in [3.63, 3.8) is 0 Å². The molecule has 0 aromatic carbocycles. The first-order valence-corrected chi connectivity index (χ1v) is 4.19. The van der Waals surface area contributed by atoms with Crippen LogP contribution in [0.15, 0.2) is 0 Å². The van der Waals surface area contributed by atoms with Crippen LogP contribution in [0.25, 0.3) is 0 Å². The van der Waals surface area contributed by atoms with Crippen molar-refractivity contribution in [3.8, 4) is 0 Å². The molecule has 0 spiro atoms. The van der Waals surface area contributed by atoms with Crippen molar-refractivity contribution in [1.82, 2.24) is 0 Å². The molecule has 0 aliphatic rings. The molecule has 4 N–H and O–H groups in total. The molecule has 0 bridgehead atoms. The smallest absolute Gasteiger partial charge is 0.185 e. The summed E-state index contributed by atoms with van der Waals surface area (Å²) in [6, 6.07) is 0. The number of nitrogens with two attached hydrogens (primary N) is 2. The molecule has 2 atom stereocenters. The minimum absolute atomic E-state index is 1.07. The summed E-state index contributed by atoms with van der Waals surface area (Å²) in [5.41, 5.74) is 9.07. The fourth-order valence-corrected chi connectivity index (χ4v) is 0.874. The van der Waals surface area contributed by atoms with Gasteiger partial charge in [-0.2, -0.15) is 4.79 Å². The molecular weight excluding hydrogens is 150 g/mol. The third-order valence-corrected chi connectivity index (χ3v) is 2.31. The van der Waals surface area contributed by atoms with Crippen LogP contribution in [-0.2, 0) is 9.13 Å². The van der Waals surface area contributed by atoms with E-state index in [9.17, 15) is 13.9 Å². The lowest BCUT2D eigenvalue weighted by atomic mass is 11.8. The monoisotopic (exact) mass is 154 g/mol. The van der Waals surface area contributed by atoms with E-state index in [4.69, 9.17) is 0 Å². The van der Waals surface area contributed by atoms with Crippen LogP contribution in [0.5, 0.6) is 0 Å². The molecule has 44 valence electrons. The third kappa shape index (κ3) is 2.19. The summed E-state index contributed by atoms with van der Waals surface area (Å²) in [5.74, 6) is 0. The molecule has 0 heterocycles. The van der Waals surface area contributed by atoms with E-state index in [1.54, 1.807) is 0 Å². The standard InChI is InChI=1S/CH4N2O3P2/c2-7(5)1(4)8(3)6/h(H2,2,5)(H2,3,6)/q+2. The van der Waals surface area contributed by atoms with Crippen LogP contribution in [0.4, 0.5) is 4.79 Å². The van der Waals surface area contributed by atoms with Crippen LogP contribution >= 0.6 is 15.9 Å². The second-order valence-electron chi connectivity index (χ2n) is 0.934. The normalized spacial score (nSPS) is 12.8. The molecule has 0 radical (unpaired) electrons. The van der Waals surface area contributed by atoms with Gasteiger partial charge in [0.05, 0.1) is 0 Å². The second kappa shape index (κ2) is 2.95. The molecule has 0 fully saturated rings. The van der Waals surface area contributed by atoms with Gasteiger partial charge in [0, 0.05) is 0 Å². The lowest BCUT2D eigenvalue weighted by Gasteiger charge is -1.55. The maximum absolute atomic E-state index is 10.0. The molecule has 0 aliphatic heterocycles. The van der Waals surface area contributed by atoms with Crippen LogP contribution in [0.1, 0.15) is 0 Å². The number of hydrogen-bond donors (Lipinski definition) is 2. The summed E-state index contributed by atoms with van der Waals surface area (Å²) in [6.45, 7) is 0. The average Bonchev–Trinajstić information content (AvgIpc) is 1.64. The van der Waals surface area contributed by atoms with Crippen molar-refractivity contribution in [2.45, 2.75) is 0 Å². The molecule has 0 saturated heterocycles. The van der Waals surface area contributed by atoms with Crippen molar-refractivity contribution in [2.75, 3.05) is 0 Å². The lowest BCUT2D eigenvalue weighted by molar-refractivity contribution is 0.273. The molecule has 8 heavy (non-hydrogen) atoms. The number of hydrogen-bond acceptors (Lipinski definition) is 3. The van der Waals surface area contributed by atoms with Gasteiger partial charge in [-0.3, -0.25) is 0 Å². The molecule has 0 aromatic heterocycles. The highest BCUT2D eigenvalue weighted by molar-refractivity contribution is 7.88. The van der Waals surface area contributed by atoms with Crippen LogP contribution < -0.4 is 11.0 Å². The van der Waals surface area contributed by atoms with E-state index in [0.717, 1.165) is 0 Å². The first-order valence-electron chi connectivity index (χ1n) is 1.53. The van der Waals surface area contributed by atoms with Crippen LogP contribution in [0.3, 0.4) is 0 Å². The van der Waals surface area contributed by atoms with Crippen LogP contribution in [0.2, 0.25) is 0 Å². The molecule has 5 nitrogen and oxygen atoms in total. The summed E-state index contributed by atoms with van der Waals surface area (Å²) in [7, 11) is -5.00. The van der Waals surface area contributed by atoms with Gasteiger partial charge >= 0.3 is 21.2 Å². The molecule has 0 saturated carbocycles. The number of rotatable bonds is 2. The maximum Gasteiger partial charge on any atom is 0.637 e. The average molecular weight is 154 g/mol. The van der Waals surface area contributed by atoms with E-state index in [1.807, 2.05) is 0 Å². The van der Waals surface area contributed by atoms with E-state index in [2.05, 4.69) is 11.0 Å². The van der Waals surface area contributed by atoms with Crippen molar-refractivity contribution >= 4 is 21.2 Å². The predicted molar refractivity (Wildman–Crippen MR) is 29.0 cm³/mol. The van der Waals surface area contributed by atoms with Crippen molar-refractivity contribution in [1.29, 1.82) is 0 Å². The highest BCUT2D eigenvalue weighted by atomic mass is 31.2. The summed E-state index contributed by atoms with van der Waals surface area (Å²) < 4.78 is 19.8. The van der Waals surface area contributed by atoms with Gasteiger partial charge in [0.15, 0.2) is 0 Å². The quantitative estimate of drug-likeness (QED) is 0.563. The van der Waals surface area contributed by atoms with Gasteiger partial charge in [-0.1, -0.05) is 0 Å². The lowest BCUT2D eigenvalue weighted by Crippen LogP contribution is -1.92. The topological polar surface area (TPSA) is 103 Å². The highest BCUT2D eigenvalue weighted by Gasteiger charge is 2.42. The Kier molecular flexibility index (Phi) is 2.87. The Hall–Kier alpha value is -0.210. The minimum Gasteiger partial charge on any atom is -0.185 e. The number of carbonyl (C=O) groups is 1. The summed E-state index contributed by atoms with van der Waals surface area (Å²) in [5, 5.41) is -1.07. The summed E-state index contributed by atoms with van der Waals surface area (Å²) in [4.78, 5) is 10.0. The van der Waals surface area contributed by atoms with Gasteiger partial charge in [-0.15, -0.1) is 11.0 Å². The zero-order chi connectivity index (χ0) is 6.73. The van der Waals surface area contributed by atoms with Gasteiger partial charge < -0.3 is 0 Å². The van der Waals surface area contributed by atoms with E-state index in [1.165, 1.54) is 0 Å². The number of carbonyl (C=O) groups excluding carboxylic acids is 1. The second-order valence-corrected chi connectivity index (χ2v) is 3.40. The highest BCUT2D eigenvalue weighted by Crippen LogP contribution is 2.26. The van der Waals surface area contributed by atoms with Gasteiger partial charge in [0.1, 0.15) is 0 Å². The van der Waals surface area contributed by atoms with Gasteiger partial charge in [0.2, 0.25) is 0 Å². The molecule has 0 aliphatic carbocycles. The SMILES string of the molecule is N[P+](=O)C(=O)[P+](N)=O. The maximum atomic E-state index is 10.0. The Morgan fingerprint density at radius 3 is 1.38 bits per heavy atom. The molecule has 7 heteroatoms. The third-order valence-electron chi connectivity index (χ3n) is 0.377. The zero-order valence-corrected chi connectivity index (χ0v) is 5.56.